The Kier molecular flexibility index (Phi) is 3.24. The maximum absolute atomic E-state index is 12.2. The summed E-state index contributed by atoms with van der Waals surface area (Å²) >= 11 is 3.25. The van der Waals surface area contributed by atoms with Crippen molar-refractivity contribution in [3.05, 3.63) is 40.3 Å². The molecule has 3 nitrogen and oxygen atoms in total. The molecule has 3 aromatic heterocycles. The van der Waals surface area contributed by atoms with Gasteiger partial charge in [0.25, 0.3) is 0 Å². The fourth-order valence-corrected chi connectivity index (χ4v) is 3.96. The number of Topliss-reactive ketones (excluding diaryl/α,β-unsaturated/α-hetero) is 1. The van der Waals surface area contributed by atoms with Crippen LogP contribution >= 0.6 is 22.7 Å². The van der Waals surface area contributed by atoms with E-state index in [0.717, 1.165) is 10.6 Å². The number of fused-ring (bicyclic) bond motifs is 1. The second-order valence-corrected chi connectivity index (χ2v) is 6.77. The monoisotopic (exact) mass is 290 g/mol. The minimum atomic E-state index is 0.155. The third kappa shape index (κ3) is 2.48. The van der Waals surface area contributed by atoms with Crippen molar-refractivity contribution in [1.29, 1.82) is 0 Å². The van der Waals surface area contributed by atoms with E-state index in [1.54, 1.807) is 22.7 Å². The van der Waals surface area contributed by atoms with Crippen molar-refractivity contribution in [2.75, 3.05) is 0 Å². The number of hydrogen-bond donors (Lipinski definition) is 0. The Labute approximate surface area is 119 Å². The summed E-state index contributed by atoms with van der Waals surface area (Å²) in [5.41, 5.74) is 0.843. The molecule has 0 N–H and O–H groups in total. The minimum Gasteiger partial charge on any atom is -0.293 e. The normalized spacial score (nSPS) is 11.5. The predicted molar refractivity (Wildman–Crippen MR) is 80.3 cm³/mol. The molecule has 3 rings (SSSR count). The van der Waals surface area contributed by atoms with Crippen molar-refractivity contribution in [2.24, 2.45) is 0 Å². The van der Waals surface area contributed by atoms with Gasteiger partial charge in [0, 0.05) is 21.6 Å². The van der Waals surface area contributed by atoms with Gasteiger partial charge in [-0.3, -0.25) is 9.48 Å². The molecular weight excluding hydrogens is 276 g/mol. The van der Waals surface area contributed by atoms with Gasteiger partial charge >= 0.3 is 0 Å². The molecule has 0 unspecified atom stereocenters. The molecule has 0 saturated heterocycles. The minimum absolute atomic E-state index is 0.155. The Bertz CT molecular complexity index is 692. The van der Waals surface area contributed by atoms with Crippen molar-refractivity contribution in [1.82, 2.24) is 9.78 Å². The number of carbonyl (C=O) groups excluding carboxylic acids is 1. The van der Waals surface area contributed by atoms with Crippen molar-refractivity contribution in [2.45, 2.75) is 26.3 Å². The highest BCUT2D eigenvalue weighted by atomic mass is 32.1. The SMILES string of the molecule is CC(C)n1ccc(CC(=O)c2cc3sccc3s2)n1. The predicted octanol–water partition coefficient (Wildman–Crippen LogP) is 4.17. The van der Waals surface area contributed by atoms with Crippen LogP contribution in [-0.2, 0) is 6.42 Å². The number of aromatic nitrogens is 2. The van der Waals surface area contributed by atoms with Gasteiger partial charge in [0.15, 0.2) is 5.78 Å². The molecule has 0 atom stereocenters. The van der Waals surface area contributed by atoms with E-state index in [2.05, 4.69) is 30.4 Å². The average Bonchev–Trinajstić information content (AvgIpc) is 3.02. The fraction of sp³-hybridized carbons (Fsp3) is 0.286. The zero-order valence-electron chi connectivity index (χ0n) is 10.8. The van der Waals surface area contributed by atoms with E-state index in [1.165, 1.54) is 9.40 Å². The third-order valence-electron chi connectivity index (χ3n) is 2.95. The van der Waals surface area contributed by atoms with Crippen LogP contribution in [0.15, 0.2) is 29.8 Å². The molecule has 3 heterocycles. The van der Waals surface area contributed by atoms with Crippen LogP contribution in [-0.4, -0.2) is 15.6 Å². The molecule has 0 radical (unpaired) electrons. The first-order valence-electron chi connectivity index (χ1n) is 6.18. The number of ketones is 1. The smallest absolute Gasteiger partial charge is 0.178 e. The molecular formula is C14H14N2OS2. The topological polar surface area (TPSA) is 34.9 Å². The second kappa shape index (κ2) is 4.90. The molecule has 0 aliphatic rings. The molecule has 98 valence electrons. The molecule has 0 fully saturated rings. The summed E-state index contributed by atoms with van der Waals surface area (Å²) in [6.45, 7) is 4.15. The van der Waals surface area contributed by atoms with Crippen molar-refractivity contribution in [3.63, 3.8) is 0 Å². The summed E-state index contributed by atoms with van der Waals surface area (Å²) in [7, 11) is 0. The first-order chi connectivity index (χ1) is 9.13. The van der Waals surface area contributed by atoms with Crippen LogP contribution in [0.25, 0.3) is 9.40 Å². The van der Waals surface area contributed by atoms with Crippen molar-refractivity contribution < 1.29 is 4.79 Å². The van der Waals surface area contributed by atoms with Crippen molar-refractivity contribution in [3.8, 4) is 0 Å². The van der Waals surface area contributed by atoms with Crippen LogP contribution in [0, 0.1) is 0 Å². The molecule has 0 aliphatic carbocycles. The highest BCUT2D eigenvalue weighted by molar-refractivity contribution is 7.27. The maximum Gasteiger partial charge on any atom is 0.178 e. The summed E-state index contributed by atoms with van der Waals surface area (Å²) in [6.07, 6.45) is 2.31. The summed E-state index contributed by atoms with van der Waals surface area (Å²) in [6, 6.07) is 6.31. The lowest BCUT2D eigenvalue weighted by Crippen LogP contribution is -2.05. The van der Waals surface area contributed by atoms with Crippen LogP contribution < -0.4 is 0 Å². The van der Waals surface area contributed by atoms with Crippen molar-refractivity contribution >= 4 is 37.9 Å². The number of thiophene rings is 2. The Morgan fingerprint density at radius 3 is 2.89 bits per heavy atom. The van der Waals surface area contributed by atoms with Crippen LogP contribution in [0.2, 0.25) is 0 Å². The fourth-order valence-electron chi connectivity index (χ4n) is 1.91. The summed E-state index contributed by atoms with van der Waals surface area (Å²) in [4.78, 5) is 13.1. The van der Waals surface area contributed by atoms with Gasteiger partial charge in [-0.2, -0.15) is 5.10 Å². The van der Waals surface area contributed by atoms with E-state index in [9.17, 15) is 4.79 Å². The second-order valence-electron chi connectivity index (χ2n) is 4.74. The molecule has 0 saturated carbocycles. The lowest BCUT2D eigenvalue weighted by Gasteiger charge is -2.03. The Morgan fingerprint density at radius 2 is 2.21 bits per heavy atom. The van der Waals surface area contributed by atoms with Gasteiger partial charge in [0.1, 0.15) is 0 Å². The van der Waals surface area contributed by atoms with Crippen LogP contribution in [0.3, 0.4) is 0 Å². The summed E-state index contributed by atoms with van der Waals surface area (Å²) in [5.74, 6) is 0.155. The van der Waals surface area contributed by atoms with Gasteiger partial charge < -0.3 is 0 Å². The Hall–Kier alpha value is -1.46. The molecule has 0 aromatic carbocycles. The van der Waals surface area contributed by atoms with E-state index in [1.807, 2.05) is 23.0 Å². The van der Waals surface area contributed by atoms with E-state index in [4.69, 9.17) is 0 Å². The molecule has 5 heteroatoms. The van der Waals surface area contributed by atoms with Gasteiger partial charge in [-0.25, -0.2) is 0 Å². The van der Waals surface area contributed by atoms with E-state index in [0.29, 0.717) is 12.5 Å². The zero-order chi connectivity index (χ0) is 13.4. The van der Waals surface area contributed by atoms with Crippen LogP contribution in [0.4, 0.5) is 0 Å². The van der Waals surface area contributed by atoms with Gasteiger partial charge in [-0.1, -0.05) is 0 Å². The van der Waals surface area contributed by atoms with Crippen LogP contribution in [0.5, 0.6) is 0 Å². The van der Waals surface area contributed by atoms with E-state index < -0.39 is 0 Å². The number of hydrogen-bond acceptors (Lipinski definition) is 4. The average molecular weight is 290 g/mol. The standard InChI is InChI=1S/C14H14N2OS2/c1-9(2)16-5-3-10(15-16)7-11(17)13-8-14-12(19-13)4-6-18-14/h3-6,8-9H,7H2,1-2H3. The first kappa shape index (κ1) is 12.6. The summed E-state index contributed by atoms with van der Waals surface area (Å²) < 4.78 is 4.28. The van der Waals surface area contributed by atoms with Gasteiger partial charge in [-0.05, 0) is 37.4 Å². The van der Waals surface area contributed by atoms with Crippen LogP contribution in [0.1, 0.15) is 35.3 Å². The molecule has 19 heavy (non-hydrogen) atoms. The highest BCUT2D eigenvalue weighted by Crippen LogP contribution is 2.30. The first-order valence-corrected chi connectivity index (χ1v) is 7.87. The quantitative estimate of drug-likeness (QED) is 0.676. The number of nitrogens with zero attached hydrogens (tertiary/aromatic N) is 2. The Morgan fingerprint density at radius 1 is 1.37 bits per heavy atom. The zero-order valence-corrected chi connectivity index (χ0v) is 12.4. The number of carbonyl (C=O) groups is 1. The lowest BCUT2D eigenvalue weighted by atomic mass is 10.2. The third-order valence-corrected chi connectivity index (χ3v) is 5.08. The molecule has 0 amide bonds. The number of rotatable bonds is 4. The van der Waals surface area contributed by atoms with E-state index in [-0.39, 0.29) is 5.78 Å². The van der Waals surface area contributed by atoms with Gasteiger partial charge in [0.05, 0.1) is 17.0 Å². The highest BCUT2D eigenvalue weighted by Gasteiger charge is 2.13. The summed E-state index contributed by atoms with van der Waals surface area (Å²) in [5, 5.41) is 6.48. The van der Waals surface area contributed by atoms with Gasteiger partial charge in [0.2, 0.25) is 0 Å². The molecule has 0 bridgehead atoms. The molecule has 0 spiro atoms. The molecule has 3 aromatic rings. The lowest BCUT2D eigenvalue weighted by molar-refractivity contribution is 0.0995. The molecule has 0 aliphatic heterocycles. The largest absolute Gasteiger partial charge is 0.293 e. The van der Waals surface area contributed by atoms with E-state index >= 15 is 0 Å². The maximum atomic E-state index is 12.2. The Balaban J connectivity index is 1.78. The van der Waals surface area contributed by atoms with Gasteiger partial charge in [-0.15, -0.1) is 22.7 Å².